The predicted octanol–water partition coefficient (Wildman–Crippen LogP) is 6.05. The topological polar surface area (TPSA) is 43.1 Å². The van der Waals surface area contributed by atoms with Gasteiger partial charge in [0.2, 0.25) is 6.20 Å². The van der Waals surface area contributed by atoms with Crippen LogP contribution in [0, 0.1) is 10.1 Å². The molecule has 3 heteroatoms. The van der Waals surface area contributed by atoms with E-state index in [9.17, 15) is 10.1 Å². The summed E-state index contributed by atoms with van der Waals surface area (Å²) in [6, 6.07) is 20.6. The summed E-state index contributed by atoms with van der Waals surface area (Å²) in [6.45, 7) is 6.61. The third-order valence-electron chi connectivity index (χ3n) is 4.40. The van der Waals surface area contributed by atoms with Crippen molar-refractivity contribution in [2.45, 2.75) is 26.2 Å². The van der Waals surface area contributed by atoms with Crippen LogP contribution in [0.4, 0.5) is 0 Å². The lowest BCUT2D eigenvalue weighted by atomic mass is 9.86. The fourth-order valence-electron chi connectivity index (χ4n) is 3.01. The lowest BCUT2D eigenvalue weighted by Crippen LogP contribution is -2.10. The molecule has 3 rings (SSSR count). The van der Waals surface area contributed by atoms with Gasteiger partial charge in [0.05, 0.1) is 4.92 Å². The fraction of sp³-hybridized carbons (Fsp3) is 0.182. The van der Waals surface area contributed by atoms with Crippen LogP contribution in [-0.2, 0) is 5.41 Å². The van der Waals surface area contributed by atoms with E-state index < -0.39 is 4.92 Å². The minimum absolute atomic E-state index is 0.123. The normalized spacial score (nSPS) is 12.0. The molecule has 3 nitrogen and oxygen atoms in total. The van der Waals surface area contributed by atoms with Gasteiger partial charge in [0, 0.05) is 6.08 Å². The van der Waals surface area contributed by atoms with E-state index in [4.69, 9.17) is 0 Å². The summed E-state index contributed by atoms with van der Waals surface area (Å²) in [5.41, 5.74) is 4.55. The molecule has 25 heavy (non-hydrogen) atoms. The van der Waals surface area contributed by atoms with Gasteiger partial charge in [-0.25, -0.2) is 0 Å². The van der Waals surface area contributed by atoms with E-state index in [1.165, 1.54) is 5.56 Å². The summed E-state index contributed by atoms with van der Waals surface area (Å²) in [6.07, 6.45) is 2.54. The first kappa shape index (κ1) is 16.9. The minimum Gasteiger partial charge on any atom is -0.259 e. The molecule has 0 aromatic heterocycles. The maximum Gasteiger partial charge on any atom is 0.235 e. The molecular formula is C22H21NO2. The molecule has 0 fully saturated rings. The quantitative estimate of drug-likeness (QED) is 0.433. The second kappa shape index (κ2) is 6.52. The highest BCUT2D eigenvalue weighted by Crippen LogP contribution is 2.33. The second-order valence-corrected chi connectivity index (χ2v) is 7.18. The first-order valence-corrected chi connectivity index (χ1v) is 8.30. The molecule has 0 bridgehead atoms. The standard InChI is InChI=1S/C22H21NO2/c1-22(2,3)18-11-8-16(9-12-18)20-13-10-17(14-15-23(24)25)19-6-4-5-7-21(19)20/h4-15H,1-3H3/b15-14+. The Morgan fingerprint density at radius 3 is 2.12 bits per heavy atom. The Hall–Kier alpha value is -2.94. The SMILES string of the molecule is CC(C)(C)c1ccc(-c2ccc(/C=C/[N+](=O)[O-])c3ccccc23)cc1. The third-order valence-corrected chi connectivity index (χ3v) is 4.40. The molecule has 0 saturated carbocycles. The van der Waals surface area contributed by atoms with Crippen LogP contribution in [0.1, 0.15) is 31.9 Å². The maximum atomic E-state index is 10.6. The minimum atomic E-state index is -0.437. The fourth-order valence-corrected chi connectivity index (χ4v) is 3.01. The van der Waals surface area contributed by atoms with E-state index in [2.05, 4.69) is 51.1 Å². The Labute approximate surface area is 147 Å². The highest BCUT2D eigenvalue weighted by Gasteiger charge is 2.14. The van der Waals surface area contributed by atoms with Crippen molar-refractivity contribution in [3.63, 3.8) is 0 Å². The zero-order chi connectivity index (χ0) is 18.0. The molecule has 0 spiro atoms. The smallest absolute Gasteiger partial charge is 0.235 e. The van der Waals surface area contributed by atoms with Gasteiger partial charge >= 0.3 is 0 Å². The van der Waals surface area contributed by atoms with Crippen molar-refractivity contribution in [3.05, 3.63) is 88.1 Å². The van der Waals surface area contributed by atoms with E-state index in [0.29, 0.717) is 0 Å². The molecule has 0 aliphatic rings. The number of benzene rings is 3. The van der Waals surface area contributed by atoms with Gasteiger partial charge < -0.3 is 0 Å². The third kappa shape index (κ3) is 3.61. The molecule has 0 radical (unpaired) electrons. The summed E-state index contributed by atoms with van der Waals surface area (Å²) in [5.74, 6) is 0. The Morgan fingerprint density at radius 1 is 0.880 bits per heavy atom. The molecule has 126 valence electrons. The molecule has 0 heterocycles. The maximum absolute atomic E-state index is 10.6. The zero-order valence-corrected chi connectivity index (χ0v) is 14.7. The van der Waals surface area contributed by atoms with E-state index >= 15 is 0 Å². The van der Waals surface area contributed by atoms with E-state index in [1.54, 1.807) is 6.08 Å². The molecule has 0 unspecified atom stereocenters. The Balaban J connectivity index is 2.12. The summed E-state index contributed by atoms with van der Waals surface area (Å²) in [4.78, 5) is 10.2. The number of hydrogen-bond acceptors (Lipinski definition) is 2. The van der Waals surface area contributed by atoms with E-state index in [-0.39, 0.29) is 5.41 Å². The zero-order valence-electron chi connectivity index (χ0n) is 14.7. The monoisotopic (exact) mass is 331 g/mol. The van der Waals surface area contributed by atoms with Crippen molar-refractivity contribution >= 4 is 16.8 Å². The van der Waals surface area contributed by atoms with Gasteiger partial charge in [-0.1, -0.05) is 81.4 Å². The van der Waals surface area contributed by atoms with Crippen LogP contribution in [0.5, 0.6) is 0 Å². The molecule has 3 aromatic carbocycles. The van der Waals surface area contributed by atoms with Crippen LogP contribution in [0.25, 0.3) is 28.0 Å². The van der Waals surface area contributed by atoms with Crippen molar-refractivity contribution in [3.8, 4) is 11.1 Å². The number of fused-ring (bicyclic) bond motifs is 1. The largest absolute Gasteiger partial charge is 0.259 e. The van der Waals surface area contributed by atoms with Crippen molar-refractivity contribution in [2.24, 2.45) is 0 Å². The van der Waals surface area contributed by atoms with Gasteiger partial charge in [0.1, 0.15) is 0 Å². The van der Waals surface area contributed by atoms with Gasteiger partial charge in [0.25, 0.3) is 0 Å². The van der Waals surface area contributed by atoms with Crippen LogP contribution in [-0.4, -0.2) is 4.92 Å². The van der Waals surface area contributed by atoms with Crippen LogP contribution < -0.4 is 0 Å². The molecule has 0 aliphatic heterocycles. The van der Waals surface area contributed by atoms with Gasteiger partial charge in [0.15, 0.2) is 0 Å². The van der Waals surface area contributed by atoms with Crippen molar-refractivity contribution < 1.29 is 4.92 Å². The summed E-state index contributed by atoms with van der Waals surface area (Å²) < 4.78 is 0. The molecular weight excluding hydrogens is 310 g/mol. The van der Waals surface area contributed by atoms with Gasteiger partial charge in [-0.15, -0.1) is 0 Å². The Bertz CT molecular complexity index is 948. The average Bonchev–Trinajstić information content (AvgIpc) is 2.59. The average molecular weight is 331 g/mol. The molecule has 0 aliphatic carbocycles. The van der Waals surface area contributed by atoms with Crippen molar-refractivity contribution in [1.29, 1.82) is 0 Å². The molecule has 0 atom stereocenters. The van der Waals surface area contributed by atoms with Crippen LogP contribution in [0.2, 0.25) is 0 Å². The van der Waals surface area contributed by atoms with Gasteiger partial charge in [-0.05, 0) is 38.4 Å². The van der Waals surface area contributed by atoms with Crippen molar-refractivity contribution in [2.75, 3.05) is 0 Å². The highest BCUT2D eigenvalue weighted by atomic mass is 16.6. The van der Waals surface area contributed by atoms with Crippen molar-refractivity contribution in [1.82, 2.24) is 0 Å². The predicted molar refractivity (Wildman–Crippen MR) is 104 cm³/mol. The number of hydrogen-bond donors (Lipinski definition) is 0. The Kier molecular flexibility index (Phi) is 4.41. The highest BCUT2D eigenvalue weighted by molar-refractivity contribution is 6.01. The van der Waals surface area contributed by atoms with E-state index in [1.807, 2.05) is 30.3 Å². The lowest BCUT2D eigenvalue weighted by molar-refractivity contribution is -0.400. The first-order valence-electron chi connectivity index (χ1n) is 8.30. The van der Waals surface area contributed by atoms with Crippen LogP contribution in [0.3, 0.4) is 0 Å². The molecule has 0 amide bonds. The number of rotatable bonds is 3. The van der Waals surface area contributed by atoms with E-state index in [0.717, 1.165) is 33.7 Å². The second-order valence-electron chi connectivity index (χ2n) is 7.18. The van der Waals surface area contributed by atoms with Gasteiger partial charge in [-0.2, -0.15) is 0 Å². The van der Waals surface area contributed by atoms with Gasteiger partial charge in [-0.3, -0.25) is 10.1 Å². The summed E-state index contributed by atoms with van der Waals surface area (Å²) in [7, 11) is 0. The number of nitrogens with zero attached hydrogens (tertiary/aromatic N) is 1. The lowest BCUT2D eigenvalue weighted by Gasteiger charge is -2.19. The van der Waals surface area contributed by atoms with Crippen LogP contribution >= 0.6 is 0 Å². The van der Waals surface area contributed by atoms with Crippen LogP contribution in [0.15, 0.2) is 66.9 Å². The Morgan fingerprint density at radius 2 is 1.52 bits per heavy atom. The summed E-state index contributed by atoms with van der Waals surface area (Å²) >= 11 is 0. The molecule has 0 saturated heterocycles. The summed E-state index contributed by atoms with van der Waals surface area (Å²) in [5, 5.41) is 12.7. The number of nitro groups is 1. The molecule has 3 aromatic rings. The first-order chi connectivity index (χ1) is 11.9. The molecule has 0 N–H and O–H groups in total.